The van der Waals surface area contributed by atoms with Crippen molar-refractivity contribution in [2.75, 3.05) is 5.32 Å². The molecule has 3 rings (SSSR count). The van der Waals surface area contributed by atoms with Gasteiger partial charge in [0.1, 0.15) is 0 Å². The molecule has 1 amide bonds. The minimum atomic E-state index is -0.256. The molecule has 0 unspecified atom stereocenters. The van der Waals surface area contributed by atoms with Gasteiger partial charge in [-0.1, -0.05) is 61.8 Å². The highest BCUT2D eigenvalue weighted by Crippen LogP contribution is 2.25. The molecule has 0 radical (unpaired) electrons. The molecule has 0 fully saturated rings. The smallest absolute Gasteiger partial charge is 0.257 e. The van der Waals surface area contributed by atoms with Crippen LogP contribution in [0.1, 0.15) is 32.2 Å². The maximum Gasteiger partial charge on any atom is 0.257 e. The van der Waals surface area contributed by atoms with Crippen molar-refractivity contribution in [2.45, 2.75) is 32.6 Å². The molecule has 3 aromatic rings. The van der Waals surface area contributed by atoms with Crippen molar-refractivity contribution in [2.24, 2.45) is 0 Å². The Bertz CT molecular complexity index is 911. The predicted octanol–water partition coefficient (Wildman–Crippen LogP) is 4.87. The number of nitrogens with zero attached hydrogens (tertiary/aromatic N) is 2. The lowest BCUT2D eigenvalue weighted by atomic mass is 9.87. The highest BCUT2D eigenvalue weighted by Gasteiger charge is 2.16. The quantitative estimate of drug-likeness (QED) is 0.712. The van der Waals surface area contributed by atoms with Gasteiger partial charge in [-0.2, -0.15) is 4.98 Å². The number of hydrogen-bond donors (Lipinski definition) is 1. The SMILES string of the molecule is CC(C)(C)c1ccc(-c2nc(CC(=O)Nc3ccccc3Cl)no2)cc1. The third-order valence-electron chi connectivity index (χ3n) is 3.93. The van der Waals surface area contributed by atoms with Crippen LogP contribution in [0, 0.1) is 0 Å². The summed E-state index contributed by atoms with van der Waals surface area (Å²) in [5, 5.41) is 7.11. The highest BCUT2D eigenvalue weighted by atomic mass is 35.5. The molecule has 0 aliphatic carbocycles. The molecule has 1 heterocycles. The fraction of sp³-hybridized carbons (Fsp3) is 0.250. The van der Waals surface area contributed by atoms with Gasteiger partial charge in [-0.05, 0) is 35.2 Å². The topological polar surface area (TPSA) is 68.0 Å². The number of nitrogens with one attached hydrogen (secondary N) is 1. The Kier molecular flexibility index (Phi) is 5.09. The summed E-state index contributed by atoms with van der Waals surface area (Å²) in [6.45, 7) is 6.47. The lowest BCUT2D eigenvalue weighted by Crippen LogP contribution is -2.15. The van der Waals surface area contributed by atoms with Crippen molar-refractivity contribution in [3.8, 4) is 11.5 Å². The minimum Gasteiger partial charge on any atom is -0.334 e. The number of anilines is 1. The monoisotopic (exact) mass is 369 g/mol. The molecule has 0 aliphatic heterocycles. The number of carbonyl (C=O) groups excluding carboxylic acids is 1. The zero-order valence-corrected chi connectivity index (χ0v) is 15.7. The van der Waals surface area contributed by atoms with Crippen LogP contribution in [0.2, 0.25) is 5.02 Å². The zero-order valence-electron chi connectivity index (χ0n) is 14.9. The first-order valence-electron chi connectivity index (χ1n) is 8.31. The van der Waals surface area contributed by atoms with E-state index in [2.05, 4.69) is 36.2 Å². The summed E-state index contributed by atoms with van der Waals surface area (Å²) in [7, 11) is 0. The molecule has 0 spiro atoms. The molecule has 26 heavy (non-hydrogen) atoms. The summed E-state index contributed by atoms with van der Waals surface area (Å²) in [5.74, 6) is 0.462. The van der Waals surface area contributed by atoms with E-state index in [-0.39, 0.29) is 17.7 Å². The number of carbonyl (C=O) groups is 1. The van der Waals surface area contributed by atoms with Crippen molar-refractivity contribution in [1.82, 2.24) is 10.1 Å². The third-order valence-corrected chi connectivity index (χ3v) is 4.26. The predicted molar refractivity (Wildman–Crippen MR) is 102 cm³/mol. The van der Waals surface area contributed by atoms with Crippen LogP contribution < -0.4 is 5.32 Å². The van der Waals surface area contributed by atoms with Gasteiger partial charge in [0.05, 0.1) is 17.1 Å². The molecule has 0 saturated carbocycles. The average molecular weight is 370 g/mol. The van der Waals surface area contributed by atoms with E-state index >= 15 is 0 Å². The van der Waals surface area contributed by atoms with Gasteiger partial charge in [0.25, 0.3) is 5.89 Å². The number of halogens is 1. The largest absolute Gasteiger partial charge is 0.334 e. The molecule has 1 N–H and O–H groups in total. The van der Waals surface area contributed by atoms with Crippen LogP contribution in [0.5, 0.6) is 0 Å². The van der Waals surface area contributed by atoms with E-state index < -0.39 is 0 Å². The molecule has 1 aromatic heterocycles. The van der Waals surface area contributed by atoms with E-state index in [9.17, 15) is 4.79 Å². The number of aromatic nitrogens is 2. The Balaban J connectivity index is 1.68. The van der Waals surface area contributed by atoms with Crippen molar-refractivity contribution in [3.05, 3.63) is 64.9 Å². The van der Waals surface area contributed by atoms with Gasteiger partial charge in [0.2, 0.25) is 5.91 Å². The maximum atomic E-state index is 12.1. The second-order valence-electron chi connectivity index (χ2n) is 7.05. The van der Waals surface area contributed by atoms with Gasteiger partial charge in [-0.3, -0.25) is 4.79 Å². The van der Waals surface area contributed by atoms with E-state index in [4.69, 9.17) is 16.1 Å². The van der Waals surface area contributed by atoms with Gasteiger partial charge in [0.15, 0.2) is 5.82 Å². The molecule has 0 saturated heterocycles. The zero-order chi connectivity index (χ0) is 18.7. The van der Waals surface area contributed by atoms with Crippen molar-refractivity contribution < 1.29 is 9.32 Å². The Morgan fingerprint density at radius 3 is 2.46 bits per heavy atom. The second kappa shape index (κ2) is 7.30. The van der Waals surface area contributed by atoms with Crippen molar-refractivity contribution in [3.63, 3.8) is 0 Å². The second-order valence-corrected chi connectivity index (χ2v) is 7.46. The van der Waals surface area contributed by atoms with Gasteiger partial charge < -0.3 is 9.84 Å². The lowest BCUT2D eigenvalue weighted by Gasteiger charge is -2.18. The van der Waals surface area contributed by atoms with Gasteiger partial charge in [-0.15, -0.1) is 0 Å². The Hall–Kier alpha value is -2.66. The summed E-state index contributed by atoms with van der Waals surface area (Å²) in [6, 6.07) is 15.0. The summed E-state index contributed by atoms with van der Waals surface area (Å²) in [4.78, 5) is 16.4. The summed E-state index contributed by atoms with van der Waals surface area (Å²) >= 11 is 6.04. The fourth-order valence-corrected chi connectivity index (χ4v) is 2.64. The summed E-state index contributed by atoms with van der Waals surface area (Å²) in [6.07, 6.45) is 0.00873. The van der Waals surface area contributed by atoms with Crippen molar-refractivity contribution >= 4 is 23.2 Å². The molecular formula is C20H20ClN3O2. The minimum absolute atomic E-state index is 0.00873. The van der Waals surface area contributed by atoms with Crippen LogP contribution in [0.4, 0.5) is 5.69 Å². The van der Waals surface area contributed by atoms with Gasteiger partial charge in [-0.25, -0.2) is 0 Å². The van der Waals surface area contributed by atoms with Crippen LogP contribution in [0.25, 0.3) is 11.5 Å². The molecule has 2 aromatic carbocycles. The number of para-hydroxylation sites is 1. The fourth-order valence-electron chi connectivity index (χ4n) is 2.46. The number of amides is 1. The molecule has 0 aliphatic rings. The van der Waals surface area contributed by atoms with E-state index in [1.807, 2.05) is 24.3 Å². The Labute approximate surface area is 157 Å². The normalized spacial score (nSPS) is 11.4. The summed E-state index contributed by atoms with van der Waals surface area (Å²) < 4.78 is 5.28. The average Bonchev–Trinajstić information content (AvgIpc) is 3.05. The number of rotatable bonds is 4. The molecule has 0 bridgehead atoms. The van der Waals surface area contributed by atoms with Crippen LogP contribution in [-0.2, 0) is 16.6 Å². The molecule has 134 valence electrons. The first kappa shape index (κ1) is 18.1. The molecule has 5 nitrogen and oxygen atoms in total. The van der Waals surface area contributed by atoms with Crippen LogP contribution in [0.3, 0.4) is 0 Å². The first-order chi connectivity index (χ1) is 12.3. The first-order valence-corrected chi connectivity index (χ1v) is 8.68. The molecule has 6 heteroatoms. The Morgan fingerprint density at radius 2 is 1.81 bits per heavy atom. The summed E-state index contributed by atoms with van der Waals surface area (Å²) in [5.41, 5.74) is 2.68. The Morgan fingerprint density at radius 1 is 1.12 bits per heavy atom. The number of benzene rings is 2. The lowest BCUT2D eigenvalue weighted by molar-refractivity contribution is -0.115. The standard InChI is InChI=1S/C20H20ClN3O2/c1-20(2,3)14-10-8-13(9-11-14)19-23-17(24-26-19)12-18(25)22-16-7-5-4-6-15(16)21/h4-11H,12H2,1-3H3,(H,22,25). The van der Waals surface area contributed by atoms with E-state index in [0.717, 1.165) is 5.56 Å². The highest BCUT2D eigenvalue weighted by molar-refractivity contribution is 6.33. The molecule has 0 atom stereocenters. The van der Waals surface area contributed by atoms with E-state index in [0.29, 0.717) is 22.4 Å². The van der Waals surface area contributed by atoms with E-state index in [1.165, 1.54) is 5.56 Å². The van der Waals surface area contributed by atoms with Crippen LogP contribution in [-0.4, -0.2) is 16.0 Å². The van der Waals surface area contributed by atoms with E-state index in [1.54, 1.807) is 24.3 Å². The molecular weight excluding hydrogens is 350 g/mol. The third kappa shape index (κ3) is 4.29. The van der Waals surface area contributed by atoms with Gasteiger partial charge >= 0.3 is 0 Å². The maximum absolute atomic E-state index is 12.1. The van der Waals surface area contributed by atoms with Crippen LogP contribution >= 0.6 is 11.6 Å². The van der Waals surface area contributed by atoms with Crippen molar-refractivity contribution in [1.29, 1.82) is 0 Å². The van der Waals surface area contributed by atoms with Crippen LogP contribution in [0.15, 0.2) is 53.1 Å². The number of hydrogen-bond acceptors (Lipinski definition) is 4. The van der Waals surface area contributed by atoms with Gasteiger partial charge in [0, 0.05) is 5.56 Å².